The van der Waals surface area contributed by atoms with Gasteiger partial charge in [0.05, 0.1) is 24.8 Å². The quantitative estimate of drug-likeness (QED) is 0.356. The van der Waals surface area contributed by atoms with Crippen LogP contribution in [0.1, 0.15) is 30.5 Å². The van der Waals surface area contributed by atoms with E-state index in [1.54, 1.807) is 12.1 Å². The molecule has 0 spiro atoms. The Morgan fingerprint density at radius 2 is 1.93 bits per heavy atom. The van der Waals surface area contributed by atoms with Crippen LogP contribution in [0.2, 0.25) is 0 Å². The van der Waals surface area contributed by atoms with Crippen molar-refractivity contribution in [3.63, 3.8) is 0 Å². The lowest BCUT2D eigenvalue weighted by Gasteiger charge is -2.13. The highest BCUT2D eigenvalue weighted by Crippen LogP contribution is 2.18. The van der Waals surface area contributed by atoms with Crippen LogP contribution in [-0.4, -0.2) is 19.1 Å². The molecule has 5 nitrogen and oxygen atoms in total. The molecule has 0 atom stereocenters. The number of aliphatic imine (C=N–C) groups is 1. The largest absolute Gasteiger partial charge is 0.494 e. The molecule has 0 radical (unpaired) electrons. The van der Waals surface area contributed by atoms with Crippen molar-refractivity contribution in [2.75, 3.05) is 13.2 Å². The lowest BCUT2D eigenvalue weighted by Crippen LogP contribution is -2.37. The lowest BCUT2D eigenvalue weighted by atomic mass is 10.1. The van der Waals surface area contributed by atoms with Crippen molar-refractivity contribution in [2.24, 2.45) is 4.99 Å². The van der Waals surface area contributed by atoms with Crippen LogP contribution in [-0.2, 0) is 13.1 Å². The number of hydrogen-bond acceptors (Lipinski definition) is 3. The number of hydrogen-bond donors (Lipinski definition) is 2. The van der Waals surface area contributed by atoms with E-state index in [-0.39, 0.29) is 30.5 Å². The van der Waals surface area contributed by atoms with Gasteiger partial charge in [0.15, 0.2) is 5.96 Å². The first-order valence-corrected chi connectivity index (χ1v) is 8.59. The van der Waals surface area contributed by atoms with Gasteiger partial charge >= 0.3 is 0 Å². The Hall–Kier alpha value is -2.34. The minimum atomic E-state index is -0.408. The molecule has 0 fully saturated rings. The normalized spacial score (nSPS) is 10.5. The molecule has 0 saturated heterocycles. The van der Waals surface area contributed by atoms with Crippen LogP contribution in [0.25, 0.3) is 0 Å². The van der Waals surface area contributed by atoms with Crippen molar-refractivity contribution >= 4 is 29.9 Å². The molecule has 2 N–H and O–H groups in total. The number of para-hydroxylation sites is 1. The molecular formula is C20H24FIN4O. The molecule has 0 unspecified atom stereocenters. The van der Waals surface area contributed by atoms with E-state index >= 15 is 0 Å². The molecule has 0 aliphatic heterocycles. The van der Waals surface area contributed by atoms with Gasteiger partial charge in [0.1, 0.15) is 11.6 Å². The molecule has 0 amide bonds. The van der Waals surface area contributed by atoms with Gasteiger partial charge in [0.2, 0.25) is 0 Å². The highest BCUT2D eigenvalue weighted by atomic mass is 127. The average molecular weight is 482 g/mol. The Morgan fingerprint density at radius 3 is 2.59 bits per heavy atom. The molecule has 0 aromatic heterocycles. The maximum absolute atomic E-state index is 14.0. The first-order chi connectivity index (χ1) is 12.7. The zero-order valence-electron chi connectivity index (χ0n) is 15.5. The predicted octanol–water partition coefficient (Wildman–Crippen LogP) is 3.97. The van der Waals surface area contributed by atoms with Gasteiger partial charge in [-0.3, -0.25) is 0 Å². The molecule has 0 aliphatic carbocycles. The smallest absolute Gasteiger partial charge is 0.191 e. The minimum absolute atomic E-state index is 0. The maximum atomic E-state index is 14.0. The third-order valence-electron chi connectivity index (χ3n) is 3.65. The molecular weight excluding hydrogens is 458 g/mol. The molecule has 2 aromatic carbocycles. The summed E-state index contributed by atoms with van der Waals surface area (Å²) >= 11 is 0. The second-order valence-electron chi connectivity index (χ2n) is 5.51. The molecule has 0 saturated carbocycles. The van der Waals surface area contributed by atoms with Gasteiger partial charge < -0.3 is 15.4 Å². The summed E-state index contributed by atoms with van der Waals surface area (Å²) in [5, 5.41) is 15.1. The number of nitrogens with zero attached hydrogens (tertiary/aromatic N) is 2. The van der Waals surface area contributed by atoms with Gasteiger partial charge in [0.25, 0.3) is 0 Å². The summed E-state index contributed by atoms with van der Waals surface area (Å²) in [5.74, 6) is 0.990. The van der Waals surface area contributed by atoms with Gasteiger partial charge in [0, 0.05) is 24.2 Å². The Morgan fingerprint density at radius 1 is 1.15 bits per heavy atom. The first-order valence-electron chi connectivity index (χ1n) is 8.59. The fourth-order valence-corrected chi connectivity index (χ4v) is 2.38. The van der Waals surface area contributed by atoms with Crippen molar-refractivity contribution in [3.05, 3.63) is 65.0 Å². The van der Waals surface area contributed by atoms with E-state index in [9.17, 15) is 4.39 Å². The highest BCUT2D eigenvalue weighted by Gasteiger charge is 2.06. The van der Waals surface area contributed by atoms with Gasteiger partial charge in [-0.05, 0) is 32.0 Å². The Bertz CT molecular complexity index is 805. The SMILES string of the molecule is CCNC(=NCc1ccccc1OCC)NCc1ccc(C#N)cc1F.I. The number of halogens is 2. The van der Waals surface area contributed by atoms with Crippen LogP contribution in [0.4, 0.5) is 4.39 Å². The summed E-state index contributed by atoms with van der Waals surface area (Å²) in [6.45, 7) is 5.91. The van der Waals surface area contributed by atoms with Crippen molar-refractivity contribution in [3.8, 4) is 11.8 Å². The number of benzene rings is 2. The van der Waals surface area contributed by atoms with Crippen LogP contribution >= 0.6 is 24.0 Å². The van der Waals surface area contributed by atoms with E-state index in [4.69, 9.17) is 10.00 Å². The summed E-state index contributed by atoms with van der Waals surface area (Å²) in [4.78, 5) is 4.54. The second-order valence-corrected chi connectivity index (χ2v) is 5.51. The van der Waals surface area contributed by atoms with E-state index in [1.165, 1.54) is 6.07 Å². The standard InChI is InChI=1S/C20H23FN4O.HI/c1-3-23-20(24-13-16-10-9-15(12-22)11-18(16)21)25-14-17-7-5-6-8-19(17)26-4-2;/h5-11H,3-4,13-14H2,1-2H3,(H2,23,24,25);1H. The average Bonchev–Trinajstić information content (AvgIpc) is 2.66. The molecule has 0 bridgehead atoms. The topological polar surface area (TPSA) is 69.4 Å². The molecule has 27 heavy (non-hydrogen) atoms. The van der Waals surface area contributed by atoms with E-state index in [0.717, 1.165) is 11.3 Å². The second kappa shape index (κ2) is 12.1. The van der Waals surface area contributed by atoms with Gasteiger partial charge in [-0.15, -0.1) is 24.0 Å². The van der Waals surface area contributed by atoms with Crippen LogP contribution in [0.15, 0.2) is 47.5 Å². The van der Waals surface area contributed by atoms with Crippen molar-refractivity contribution < 1.29 is 9.13 Å². The highest BCUT2D eigenvalue weighted by molar-refractivity contribution is 14.0. The number of ether oxygens (including phenoxy) is 1. The number of guanidine groups is 1. The third kappa shape index (κ3) is 7.06. The number of nitriles is 1. The molecule has 7 heteroatoms. The van der Waals surface area contributed by atoms with Crippen molar-refractivity contribution in [2.45, 2.75) is 26.9 Å². The molecule has 0 heterocycles. The summed E-state index contributed by atoms with van der Waals surface area (Å²) in [7, 11) is 0. The van der Waals surface area contributed by atoms with Gasteiger partial charge in [-0.1, -0.05) is 24.3 Å². The maximum Gasteiger partial charge on any atom is 0.191 e. The molecule has 144 valence electrons. The van der Waals surface area contributed by atoms with E-state index < -0.39 is 5.82 Å². The Kier molecular flexibility index (Phi) is 10.2. The lowest BCUT2D eigenvalue weighted by molar-refractivity contribution is 0.336. The van der Waals surface area contributed by atoms with Crippen molar-refractivity contribution in [1.82, 2.24) is 10.6 Å². The van der Waals surface area contributed by atoms with E-state index in [2.05, 4.69) is 15.6 Å². The summed E-state index contributed by atoms with van der Waals surface area (Å²) in [6, 6.07) is 14.1. The fourth-order valence-electron chi connectivity index (χ4n) is 2.38. The van der Waals surface area contributed by atoms with E-state index in [0.29, 0.717) is 36.8 Å². The minimum Gasteiger partial charge on any atom is -0.494 e. The van der Waals surface area contributed by atoms with Crippen LogP contribution in [0.5, 0.6) is 5.75 Å². The van der Waals surface area contributed by atoms with Crippen LogP contribution < -0.4 is 15.4 Å². The number of rotatable bonds is 7. The van der Waals surface area contributed by atoms with Gasteiger partial charge in [-0.2, -0.15) is 5.26 Å². The molecule has 2 rings (SSSR count). The summed E-state index contributed by atoms with van der Waals surface area (Å²) in [6.07, 6.45) is 0. The zero-order chi connectivity index (χ0) is 18.8. The monoisotopic (exact) mass is 482 g/mol. The first kappa shape index (κ1) is 22.7. The number of nitrogens with one attached hydrogen (secondary N) is 2. The molecule has 2 aromatic rings. The Labute approximate surface area is 176 Å². The fraction of sp³-hybridized carbons (Fsp3) is 0.300. The van der Waals surface area contributed by atoms with E-state index in [1.807, 2.05) is 44.2 Å². The third-order valence-corrected chi connectivity index (χ3v) is 3.65. The summed E-state index contributed by atoms with van der Waals surface area (Å²) in [5.41, 5.74) is 1.76. The van der Waals surface area contributed by atoms with Crippen LogP contribution in [0, 0.1) is 17.1 Å². The van der Waals surface area contributed by atoms with Crippen LogP contribution in [0.3, 0.4) is 0 Å². The van der Waals surface area contributed by atoms with Gasteiger partial charge in [-0.25, -0.2) is 9.38 Å². The predicted molar refractivity (Wildman–Crippen MR) is 116 cm³/mol. The summed E-state index contributed by atoms with van der Waals surface area (Å²) < 4.78 is 19.6. The van der Waals surface area contributed by atoms with Crippen molar-refractivity contribution in [1.29, 1.82) is 5.26 Å². The molecule has 0 aliphatic rings. The Balaban J connectivity index is 0.00000364. The zero-order valence-corrected chi connectivity index (χ0v) is 17.8.